The lowest BCUT2D eigenvalue weighted by atomic mass is 9.95. The van der Waals surface area contributed by atoms with E-state index in [1.807, 2.05) is 54.6 Å². The molecular weight excluding hydrogens is 328 g/mol. The number of aryl methyl sites for hydroxylation is 1. The van der Waals surface area contributed by atoms with E-state index < -0.39 is 0 Å². The smallest absolute Gasteiger partial charge is 0.171 e. The van der Waals surface area contributed by atoms with Gasteiger partial charge >= 0.3 is 0 Å². The first kappa shape index (κ1) is 15.7. The molecule has 4 heteroatoms. The molecular formula is C21H18N2OS. The molecule has 0 amide bonds. The van der Waals surface area contributed by atoms with E-state index in [0.717, 1.165) is 33.9 Å². The predicted octanol–water partition coefficient (Wildman–Crippen LogP) is 5.18. The van der Waals surface area contributed by atoms with Crippen LogP contribution >= 0.6 is 12.2 Å². The molecule has 0 fully saturated rings. The number of anilines is 1. The summed E-state index contributed by atoms with van der Waals surface area (Å²) in [5, 5.41) is 7.33. The molecule has 0 aliphatic carbocycles. The van der Waals surface area contributed by atoms with Gasteiger partial charge in [-0.05, 0) is 42.9 Å². The van der Waals surface area contributed by atoms with Crippen molar-refractivity contribution in [2.24, 2.45) is 0 Å². The number of ether oxygens (including phenoxy) is 1. The van der Waals surface area contributed by atoms with E-state index in [1.165, 1.54) is 0 Å². The Morgan fingerprint density at radius 3 is 2.04 bits per heavy atom. The van der Waals surface area contributed by atoms with E-state index in [-0.39, 0.29) is 6.04 Å². The lowest BCUT2D eigenvalue weighted by molar-refractivity contribution is 0.441. The Morgan fingerprint density at radius 1 is 0.840 bits per heavy atom. The molecule has 0 bridgehead atoms. The van der Waals surface area contributed by atoms with Gasteiger partial charge in [-0.3, -0.25) is 0 Å². The summed E-state index contributed by atoms with van der Waals surface area (Å²) in [6, 6.07) is 24.1. The fraction of sp³-hybridized carbons (Fsp3) is 0.0952. The third-order valence-corrected chi connectivity index (χ3v) is 4.57. The monoisotopic (exact) mass is 346 g/mol. The second kappa shape index (κ2) is 6.57. The molecule has 4 rings (SSSR count). The Morgan fingerprint density at radius 2 is 1.40 bits per heavy atom. The van der Waals surface area contributed by atoms with Gasteiger partial charge in [-0.1, -0.05) is 54.6 Å². The Labute approximate surface area is 152 Å². The fourth-order valence-electron chi connectivity index (χ4n) is 3.07. The summed E-state index contributed by atoms with van der Waals surface area (Å²) < 4.78 is 6.02. The zero-order valence-electron chi connectivity index (χ0n) is 13.8. The molecule has 1 heterocycles. The fourth-order valence-corrected chi connectivity index (χ4v) is 3.30. The number of nitrogens with one attached hydrogen (secondary N) is 2. The maximum Gasteiger partial charge on any atom is 0.171 e. The predicted molar refractivity (Wildman–Crippen MR) is 105 cm³/mol. The molecule has 0 spiro atoms. The number of rotatable bonds is 2. The molecule has 2 N–H and O–H groups in total. The van der Waals surface area contributed by atoms with Crippen molar-refractivity contribution < 1.29 is 4.74 Å². The lowest BCUT2D eigenvalue weighted by Gasteiger charge is -2.29. The summed E-state index contributed by atoms with van der Waals surface area (Å²) in [5.74, 6) is 1.72. The van der Waals surface area contributed by atoms with E-state index in [1.54, 1.807) is 0 Å². The SMILES string of the molecule is Cc1ccccc1NC(=S)NC1c2ccccc2Oc2ccccc21. The first-order valence-electron chi connectivity index (χ1n) is 8.21. The van der Waals surface area contributed by atoms with Crippen LogP contribution in [0, 0.1) is 6.92 Å². The van der Waals surface area contributed by atoms with Crippen LogP contribution in [0.5, 0.6) is 11.5 Å². The van der Waals surface area contributed by atoms with Crippen LogP contribution in [0.15, 0.2) is 72.8 Å². The molecule has 124 valence electrons. The highest BCUT2D eigenvalue weighted by Gasteiger charge is 2.27. The van der Waals surface area contributed by atoms with Crippen LogP contribution in [-0.4, -0.2) is 5.11 Å². The van der Waals surface area contributed by atoms with E-state index in [0.29, 0.717) is 5.11 Å². The summed E-state index contributed by atoms with van der Waals surface area (Å²) >= 11 is 5.57. The Hall–Kier alpha value is -2.85. The van der Waals surface area contributed by atoms with Crippen LogP contribution in [0.4, 0.5) is 5.69 Å². The van der Waals surface area contributed by atoms with Crippen molar-refractivity contribution in [2.75, 3.05) is 5.32 Å². The van der Waals surface area contributed by atoms with E-state index in [4.69, 9.17) is 17.0 Å². The van der Waals surface area contributed by atoms with Gasteiger partial charge in [0.15, 0.2) is 5.11 Å². The van der Waals surface area contributed by atoms with Crippen molar-refractivity contribution in [2.45, 2.75) is 13.0 Å². The van der Waals surface area contributed by atoms with Crippen molar-refractivity contribution in [1.82, 2.24) is 5.32 Å². The summed E-state index contributed by atoms with van der Waals surface area (Å²) in [7, 11) is 0. The number of benzene rings is 3. The molecule has 0 unspecified atom stereocenters. The average molecular weight is 346 g/mol. The third-order valence-electron chi connectivity index (χ3n) is 4.35. The molecule has 1 aliphatic rings. The van der Waals surface area contributed by atoms with Crippen LogP contribution in [0.25, 0.3) is 0 Å². The van der Waals surface area contributed by atoms with Gasteiger partial charge in [-0.2, -0.15) is 0 Å². The molecule has 0 radical (unpaired) electrons. The molecule has 3 aromatic rings. The highest BCUT2D eigenvalue weighted by atomic mass is 32.1. The van der Waals surface area contributed by atoms with Gasteiger partial charge < -0.3 is 15.4 Å². The Kier molecular flexibility index (Phi) is 4.12. The zero-order valence-corrected chi connectivity index (χ0v) is 14.6. The van der Waals surface area contributed by atoms with E-state index in [2.05, 4.69) is 35.8 Å². The molecule has 25 heavy (non-hydrogen) atoms. The second-order valence-electron chi connectivity index (χ2n) is 6.02. The Bertz CT molecular complexity index is 893. The van der Waals surface area contributed by atoms with Gasteiger partial charge in [0.25, 0.3) is 0 Å². The topological polar surface area (TPSA) is 33.3 Å². The molecule has 0 aromatic heterocycles. The van der Waals surface area contributed by atoms with Crippen LogP contribution in [0.3, 0.4) is 0 Å². The molecule has 0 saturated carbocycles. The zero-order chi connectivity index (χ0) is 17.2. The normalized spacial score (nSPS) is 12.5. The van der Waals surface area contributed by atoms with Gasteiger partial charge in [0.1, 0.15) is 11.5 Å². The number of hydrogen-bond donors (Lipinski definition) is 2. The van der Waals surface area contributed by atoms with Crippen LogP contribution < -0.4 is 15.4 Å². The number of fused-ring (bicyclic) bond motifs is 2. The van der Waals surface area contributed by atoms with Crippen LogP contribution in [-0.2, 0) is 0 Å². The van der Waals surface area contributed by atoms with Crippen molar-refractivity contribution >= 4 is 23.0 Å². The van der Waals surface area contributed by atoms with Gasteiger partial charge in [0.05, 0.1) is 6.04 Å². The number of para-hydroxylation sites is 3. The average Bonchev–Trinajstić information content (AvgIpc) is 2.63. The minimum Gasteiger partial charge on any atom is -0.457 e. The maximum absolute atomic E-state index is 6.02. The van der Waals surface area contributed by atoms with E-state index in [9.17, 15) is 0 Å². The summed E-state index contributed by atoms with van der Waals surface area (Å²) in [6.45, 7) is 2.06. The summed E-state index contributed by atoms with van der Waals surface area (Å²) in [6.07, 6.45) is 0. The summed E-state index contributed by atoms with van der Waals surface area (Å²) in [4.78, 5) is 0. The first-order valence-corrected chi connectivity index (χ1v) is 8.62. The van der Waals surface area contributed by atoms with Crippen molar-refractivity contribution in [1.29, 1.82) is 0 Å². The van der Waals surface area contributed by atoms with Crippen LogP contribution in [0.1, 0.15) is 22.7 Å². The standard InChI is InChI=1S/C21H18N2OS/c1-14-8-2-5-11-17(14)22-21(25)23-20-15-9-3-6-12-18(15)24-19-13-7-4-10-16(19)20/h2-13,20H,1H3,(H2,22,23,25). The highest BCUT2D eigenvalue weighted by Crippen LogP contribution is 2.42. The minimum absolute atomic E-state index is 0.0508. The minimum atomic E-state index is -0.0508. The van der Waals surface area contributed by atoms with Crippen molar-refractivity contribution in [3.63, 3.8) is 0 Å². The van der Waals surface area contributed by atoms with E-state index >= 15 is 0 Å². The highest BCUT2D eigenvalue weighted by molar-refractivity contribution is 7.80. The quantitative estimate of drug-likeness (QED) is 0.627. The number of hydrogen-bond acceptors (Lipinski definition) is 2. The second-order valence-corrected chi connectivity index (χ2v) is 6.43. The van der Waals surface area contributed by atoms with Gasteiger partial charge in [0, 0.05) is 16.8 Å². The molecule has 0 atom stereocenters. The van der Waals surface area contributed by atoms with Crippen molar-refractivity contribution in [3.05, 3.63) is 89.5 Å². The maximum atomic E-state index is 6.02. The number of thiocarbonyl (C=S) groups is 1. The van der Waals surface area contributed by atoms with Crippen molar-refractivity contribution in [3.8, 4) is 11.5 Å². The molecule has 3 nitrogen and oxygen atoms in total. The Balaban J connectivity index is 1.64. The van der Waals surface area contributed by atoms with Crippen LogP contribution in [0.2, 0.25) is 0 Å². The van der Waals surface area contributed by atoms with Gasteiger partial charge in [0.2, 0.25) is 0 Å². The molecule has 1 aliphatic heterocycles. The molecule has 0 saturated heterocycles. The third kappa shape index (κ3) is 3.08. The van der Waals surface area contributed by atoms with Gasteiger partial charge in [-0.25, -0.2) is 0 Å². The largest absolute Gasteiger partial charge is 0.457 e. The summed E-state index contributed by atoms with van der Waals surface area (Å²) in [5.41, 5.74) is 4.32. The molecule has 3 aromatic carbocycles. The lowest BCUT2D eigenvalue weighted by Crippen LogP contribution is -2.34. The van der Waals surface area contributed by atoms with Gasteiger partial charge in [-0.15, -0.1) is 0 Å². The first-order chi connectivity index (χ1) is 12.2.